The summed E-state index contributed by atoms with van der Waals surface area (Å²) in [6.07, 6.45) is 0. The molecule has 2 aromatic carbocycles. The molecule has 120 valence electrons. The van der Waals surface area contributed by atoms with Crippen LogP contribution in [0.15, 0.2) is 30.3 Å². The Morgan fingerprint density at radius 2 is 1.61 bits per heavy atom. The Morgan fingerprint density at radius 1 is 0.957 bits per heavy atom. The molecular weight excluding hydrogens is 361 g/mol. The average Bonchev–Trinajstić information content (AvgIpc) is 2.53. The molecule has 0 N–H and O–H groups in total. The highest BCUT2D eigenvalue weighted by atomic mass is 35.5. The van der Waals surface area contributed by atoms with Gasteiger partial charge in [-0.1, -0.05) is 34.8 Å². The quantitative estimate of drug-likeness (QED) is 0.671. The molecule has 0 aromatic heterocycles. The number of methoxy groups -OCH3 is 1. The molecule has 0 aliphatic heterocycles. The molecule has 0 saturated carbocycles. The van der Waals surface area contributed by atoms with E-state index in [1.807, 2.05) is 6.07 Å². The number of hydrogen-bond acceptors (Lipinski definition) is 4. The van der Waals surface area contributed by atoms with E-state index in [0.717, 1.165) is 0 Å². The molecule has 2 rings (SSSR count). The minimum Gasteiger partial charge on any atom is -0.493 e. The normalized spacial score (nSPS) is 10.0. The predicted molar refractivity (Wildman–Crippen MR) is 90.2 cm³/mol. The Labute approximate surface area is 149 Å². The van der Waals surface area contributed by atoms with Gasteiger partial charge in [-0.25, -0.2) is 0 Å². The second-order valence-electron chi connectivity index (χ2n) is 4.37. The van der Waals surface area contributed by atoms with Gasteiger partial charge in [-0.2, -0.15) is 5.26 Å². The third-order valence-electron chi connectivity index (χ3n) is 2.84. The summed E-state index contributed by atoms with van der Waals surface area (Å²) < 4.78 is 16.3. The Hall–Kier alpha value is -1.80. The lowest BCUT2D eigenvalue weighted by Gasteiger charge is -2.13. The van der Waals surface area contributed by atoms with Crippen molar-refractivity contribution in [3.63, 3.8) is 0 Å². The molecule has 0 heterocycles. The number of halogens is 3. The molecule has 0 aliphatic rings. The van der Waals surface area contributed by atoms with Gasteiger partial charge < -0.3 is 14.2 Å². The maximum atomic E-state index is 8.86. The maximum absolute atomic E-state index is 8.86. The maximum Gasteiger partial charge on any atom is 0.162 e. The van der Waals surface area contributed by atoms with E-state index < -0.39 is 0 Å². The molecule has 0 atom stereocenters. The first-order chi connectivity index (χ1) is 11.0. The summed E-state index contributed by atoms with van der Waals surface area (Å²) in [5, 5.41) is 9.96. The highest BCUT2D eigenvalue weighted by Crippen LogP contribution is 2.35. The van der Waals surface area contributed by atoms with E-state index in [1.54, 1.807) is 30.3 Å². The lowest BCUT2D eigenvalue weighted by atomic mass is 10.2. The van der Waals surface area contributed by atoms with E-state index in [9.17, 15) is 0 Å². The first kappa shape index (κ1) is 17.6. The van der Waals surface area contributed by atoms with Crippen LogP contribution in [-0.2, 0) is 0 Å². The van der Waals surface area contributed by atoms with Crippen LogP contribution < -0.4 is 14.2 Å². The SMILES string of the molecule is COc1cc(C#N)ccc1OCCOc1c(Cl)cc(Cl)cc1Cl. The molecule has 23 heavy (non-hydrogen) atoms. The molecule has 0 saturated heterocycles. The van der Waals surface area contributed by atoms with Crippen molar-refractivity contribution in [2.75, 3.05) is 20.3 Å². The molecule has 4 nitrogen and oxygen atoms in total. The van der Waals surface area contributed by atoms with Gasteiger partial charge in [-0.05, 0) is 24.3 Å². The molecule has 0 aliphatic carbocycles. The van der Waals surface area contributed by atoms with Gasteiger partial charge in [0.2, 0.25) is 0 Å². The first-order valence-corrected chi connectivity index (χ1v) is 7.67. The second-order valence-corrected chi connectivity index (χ2v) is 5.62. The number of rotatable bonds is 6. The third kappa shape index (κ3) is 4.59. The van der Waals surface area contributed by atoms with Gasteiger partial charge in [0.05, 0.1) is 28.8 Å². The molecule has 7 heteroatoms. The predicted octanol–water partition coefficient (Wildman–Crippen LogP) is 4.98. The average molecular weight is 373 g/mol. The van der Waals surface area contributed by atoms with Crippen LogP contribution in [0.2, 0.25) is 15.1 Å². The molecule has 0 unspecified atom stereocenters. The number of ether oxygens (including phenoxy) is 3. The highest BCUT2D eigenvalue weighted by Gasteiger charge is 2.10. The summed E-state index contributed by atoms with van der Waals surface area (Å²) in [5.41, 5.74) is 0.491. The van der Waals surface area contributed by atoms with Crippen LogP contribution in [0.4, 0.5) is 0 Å². The van der Waals surface area contributed by atoms with Crippen LogP contribution in [0, 0.1) is 11.3 Å². The Balaban J connectivity index is 1.95. The summed E-state index contributed by atoms with van der Waals surface area (Å²) in [4.78, 5) is 0. The summed E-state index contributed by atoms with van der Waals surface area (Å²) >= 11 is 17.9. The zero-order valence-electron chi connectivity index (χ0n) is 12.1. The lowest BCUT2D eigenvalue weighted by Crippen LogP contribution is -2.10. The van der Waals surface area contributed by atoms with Gasteiger partial charge in [-0.15, -0.1) is 0 Å². The second kappa shape index (κ2) is 8.16. The van der Waals surface area contributed by atoms with E-state index in [-0.39, 0.29) is 13.2 Å². The van der Waals surface area contributed by atoms with Crippen molar-refractivity contribution in [2.24, 2.45) is 0 Å². The van der Waals surface area contributed by atoms with Crippen LogP contribution in [0.5, 0.6) is 17.2 Å². The van der Waals surface area contributed by atoms with Gasteiger partial charge in [0.1, 0.15) is 13.2 Å². The Kier molecular flexibility index (Phi) is 6.23. The van der Waals surface area contributed by atoms with Crippen LogP contribution >= 0.6 is 34.8 Å². The summed E-state index contributed by atoms with van der Waals surface area (Å²) in [6, 6.07) is 10.0. The molecule has 0 fully saturated rings. The molecule has 0 radical (unpaired) electrons. The van der Waals surface area contributed by atoms with E-state index in [2.05, 4.69) is 0 Å². The van der Waals surface area contributed by atoms with Crippen molar-refractivity contribution in [1.82, 2.24) is 0 Å². The van der Waals surface area contributed by atoms with E-state index in [4.69, 9.17) is 54.3 Å². The lowest BCUT2D eigenvalue weighted by molar-refractivity contribution is 0.211. The summed E-state index contributed by atoms with van der Waals surface area (Å²) in [7, 11) is 1.51. The summed E-state index contributed by atoms with van der Waals surface area (Å²) in [6.45, 7) is 0.474. The number of hydrogen-bond donors (Lipinski definition) is 0. The fourth-order valence-corrected chi connectivity index (χ4v) is 2.74. The first-order valence-electron chi connectivity index (χ1n) is 6.53. The monoisotopic (exact) mass is 371 g/mol. The molecule has 2 aromatic rings. The largest absolute Gasteiger partial charge is 0.493 e. The van der Waals surface area contributed by atoms with Gasteiger partial charge in [0.15, 0.2) is 17.2 Å². The van der Waals surface area contributed by atoms with E-state index in [0.29, 0.717) is 37.9 Å². The fourth-order valence-electron chi connectivity index (χ4n) is 1.82. The smallest absolute Gasteiger partial charge is 0.162 e. The topological polar surface area (TPSA) is 51.5 Å². The van der Waals surface area contributed by atoms with Crippen molar-refractivity contribution in [3.8, 4) is 23.3 Å². The highest BCUT2D eigenvalue weighted by molar-refractivity contribution is 6.40. The van der Waals surface area contributed by atoms with Crippen molar-refractivity contribution in [3.05, 3.63) is 51.0 Å². The summed E-state index contributed by atoms with van der Waals surface area (Å²) in [5.74, 6) is 1.35. The third-order valence-corrected chi connectivity index (χ3v) is 3.62. The fraction of sp³-hybridized carbons (Fsp3) is 0.188. The molecule has 0 spiro atoms. The number of nitrogens with zero attached hydrogens (tertiary/aromatic N) is 1. The van der Waals surface area contributed by atoms with Gasteiger partial charge in [-0.3, -0.25) is 0 Å². The molecule has 0 bridgehead atoms. The Bertz CT molecular complexity index is 721. The Morgan fingerprint density at radius 3 is 2.22 bits per heavy atom. The van der Waals surface area contributed by atoms with Crippen molar-refractivity contribution in [2.45, 2.75) is 0 Å². The zero-order chi connectivity index (χ0) is 16.8. The van der Waals surface area contributed by atoms with Crippen molar-refractivity contribution in [1.29, 1.82) is 5.26 Å². The van der Waals surface area contributed by atoms with E-state index >= 15 is 0 Å². The van der Waals surface area contributed by atoms with Crippen LogP contribution in [0.3, 0.4) is 0 Å². The number of nitriles is 1. The van der Waals surface area contributed by atoms with Crippen LogP contribution in [0.25, 0.3) is 0 Å². The minimum absolute atomic E-state index is 0.226. The number of benzene rings is 2. The van der Waals surface area contributed by atoms with Gasteiger partial charge in [0, 0.05) is 11.1 Å². The zero-order valence-corrected chi connectivity index (χ0v) is 14.4. The van der Waals surface area contributed by atoms with Crippen LogP contribution in [-0.4, -0.2) is 20.3 Å². The van der Waals surface area contributed by atoms with Crippen LogP contribution in [0.1, 0.15) is 5.56 Å². The van der Waals surface area contributed by atoms with Crippen molar-refractivity contribution >= 4 is 34.8 Å². The minimum atomic E-state index is 0.226. The standard InChI is InChI=1S/C16H12Cl3NO3/c1-21-15-6-10(9-20)2-3-14(15)22-4-5-23-16-12(18)7-11(17)8-13(16)19/h2-3,6-8H,4-5H2,1H3. The van der Waals surface area contributed by atoms with Crippen molar-refractivity contribution < 1.29 is 14.2 Å². The van der Waals surface area contributed by atoms with Gasteiger partial charge in [0.25, 0.3) is 0 Å². The molecular formula is C16H12Cl3NO3. The van der Waals surface area contributed by atoms with Gasteiger partial charge >= 0.3 is 0 Å². The molecule has 0 amide bonds. The van der Waals surface area contributed by atoms with E-state index in [1.165, 1.54) is 7.11 Å².